The van der Waals surface area contributed by atoms with E-state index in [0.717, 1.165) is 55.5 Å². The molecule has 77 heavy (non-hydrogen) atoms. The molecule has 0 spiro atoms. The molecule has 0 saturated carbocycles. The van der Waals surface area contributed by atoms with Gasteiger partial charge in [0.05, 0.1) is 51.6 Å². The van der Waals surface area contributed by atoms with E-state index in [-0.39, 0.29) is 63.7 Å². The molecule has 2 aromatic heterocycles. The number of halogens is 6. The molecule has 9 nitrogen and oxygen atoms in total. The van der Waals surface area contributed by atoms with E-state index in [0.29, 0.717) is 41.1 Å². The van der Waals surface area contributed by atoms with Crippen LogP contribution >= 0.6 is 82.5 Å². The van der Waals surface area contributed by atoms with Crippen molar-refractivity contribution in [2.24, 2.45) is 0 Å². The van der Waals surface area contributed by atoms with Gasteiger partial charge in [0.2, 0.25) is 11.4 Å². The van der Waals surface area contributed by atoms with Gasteiger partial charge in [0.25, 0.3) is 0 Å². The zero-order valence-electron chi connectivity index (χ0n) is 46.0. The Hall–Kier alpha value is -2.17. The third-order valence-corrected chi connectivity index (χ3v) is 13.9. The van der Waals surface area contributed by atoms with E-state index in [1.54, 1.807) is 12.1 Å². The van der Waals surface area contributed by atoms with Crippen LogP contribution in [0.4, 0.5) is 11.4 Å². The summed E-state index contributed by atoms with van der Waals surface area (Å²) in [5.74, 6) is 1.46. The summed E-state index contributed by atoms with van der Waals surface area (Å²) in [6.45, 7) is 26.3. The summed E-state index contributed by atoms with van der Waals surface area (Å²) >= 11 is 9.79. The van der Waals surface area contributed by atoms with Crippen LogP contribution in [0.2, 0.25) is 0 Å². The van der Waals surface area contributed by atoms with E-state index >= 15 is 0 Å². The van der Waals surface area contributed by atoms with Crippen LogP contribution < -0.4 is 57.4 Å². The maximum atomic E-state index is 11.1. The van der Waals surface area contributed by atoms with Crippen molar-refractivity contribution < 1.29 is 76.3 Å². The molecule has 6 aromatic carbocycles. The Kier molecular flexibility index (Phi) is 29.7. The van der Waals surface area contributed by atoms with Crippen LogP contribution in [-0.2, 0) is 15.8 Å². The van der Waals surface area contributed by atoms with E-state index < -0.39 is 0 Å². The third kappa shape index (κ3) is 17.7. The van der Waals surface area contributed by atoms with Gasteiger partial charge in [-0.2, -0.15) is 11.0 Å². The molecule has 1 unspecified atom stereocenters. The quantitative estimate of drug-likeness (QED) is 0.0374. The standard InChI is InChI=1S/C27H26N3O.C15H12N2O2.C12H16N.C4H9I.C3H7.5HI.V/c1-5-31-23-15-9-13-21-26(23)29-25-18(10-8-12-20(25)28-21)16-17-24-27(2,3)19-11-6-7-14-22(19)30(24)4;1-2-19-13-8-4-7-12-15(13)17-14-10(9-18)5-3-6-11(14)16-12;1-9-12(2,3)10-7-5-6-8-11(10)13(9)4;1-3-4(2)5;1-3-2;;;;;;/h6-17H,5H2,1-4H3;3-9H,2H2,1H3;5-8H,1-4H3;4H,3H2,1-2H3;1,3H2,2H3;5*1H;/q+1;;+1;;-1;;;;;;+3/p-5. The van der Waals surface area contributed by atoms with Crippen LogP contribution in [0.25, 0.3) is 50.2 Å². The van der Waals surface area contributed by atoms with Crippen molar-refractivity contribution in [1.82, 2.24) is 19.9 Å². The topological polar surface area (TPSA) is 93.1 Å². The summed E-state index contributed by atoms with van der Waals surface area (Å²) in [4.78, 5) is 29.7. The van der Waals surface area contributed by atoms with Gasteiger partial charge in [-0.3, -0.25) is 4.79 Å². The zero-order valence-corrected chi connectivity index (χ0v) is 60.4. The van der Waals surface area contributed by atoms with Gasteiger partial charge in [-0.25, -0.2) is 24.5 Å². The van der Waals surface area contributed by atoms with Gasteiger partial charge in [-0.15, -0.1) is 0 Å². The Labute approximate surface area is 543 Å². The molecular weight excluding hydrogens is 1680 g/mol. The summed E-state index contributed by atoms with van der Waals surface area (Å²) < 4.78 is 16.8. The molecule has 1 atom stereocenters. The predicted molar refractivity (Wildman–Crippen MR) is 349 cm³/mol. The molecule has 0 saturated heterocycles. The van der Waals surface area contributed by atoms with Gasteiger partial charge in [0, 0.05) is 51.3 Å². The number of allylic oxidation sites excluding steroid dienone is 1. The van der Waals surface area contributed by atoms with Crippen molar-refractivity contribution in [1.29, 1.82) is 0 Å². The SMILES string of the molecule is CC1=[N+](C)c2ccccc2C1(C)C.CCC(C)I.CCOc1cccc2nc3cccc(/C=C/C4=[N+](C)c5ccccc5C4(C)C)c3nc12.CCOc1cccc2nc3cccc(C=O)c3nc12.[CH2-]CC.[I-].[I-].[I][V]([I])[I]. The van der Waals surface area contributed by atoms with E-state index in [9.17, 15) is 4.79 Å². The van der Waals surface area contributed by atoms with Crippen LogP contribution in [0.3, 0.4) is 0 Å². The summed E-state index contributed by atoms with van der Waals surface area (Å²) in [7, 11) is 4.28. The van der Waals surface area contributed by atoms with Crippen LogP contribution in [0.5, 0.6) is 11.5 Å². The Morgan fingerprint density at radius 2 is 0.961 bits per heavy atom. The predicted octanol–water partition coefficient (Wildman–Crippen LogP) is 11.7. The second-order valence-electron chi connectivity index (χ2n) is 18.7. The van der Waals surface area contributed by atoms with Crippen LogP contribution in [0.15, 0.2) is 127 Å². The summed E-state index contributed by atoms with van der Waals surface area (Å²) in [5, 5.41) is 0. The minimum atomic E-state index is -0.278. The van der Waals surface area contributed by atoms with Gasteiger partial charge in [-0.05, 0) is 96.5 Å². The van der Waals surface area contributed by atoms with Crippen molar-refractivity contribution >= 4 is 162 Å². The Balaban J connectivity index is 0.000000289. The molecule has 10 rings (SSSR count). The molecule has 4 heterocycles. The Morgan fingerprint density at radius 1 is 0.584 bits per heavy atom. The number of nitrogens with zero attached hydrogens (tertiary/aromatic N) is 6. The first-order valence-electron chi connectivity index (χ1n) is 25.2. The molecular formula is C61H70I6N6O3V-. The molecule has 0 bridgehead atoms. The fraction of sp³-hybridized carbons (Fsp3) is 0.311. The summed E-state index contributed by atoms with van der Waals surface area (Å²) in [5.41, 5.74) is 16.0. The second kappa shape index (κ2) is 33.1. The van der Waals surface area contributed by atoms with Crippen molar-refractivity contribution in [2.45, 2.75) is 96.8 Å². The van der Waals surface area contributed by atoms with Crippen LogP contribution in [-0.4, -0.2) is 78.0 Å². The van der Waals surface area contributed by atoms with E-state index in [2.05, 4.69) is 238 Å². The average Bonchev–Trinajstić information content (AvgIpc) is 3.70. The molecule has 8 aromatic rings. The molecule has 2 aliphatic rings. The van der Waals surface area contributed by atoms with E-state index in [4.69, 9.17) is 19.4 Å². The van der Waals surface area contributed by atoms with Gasteiger partial charge in [0.1, 0.15) is 42.1 Å². The number of ether oxygens (including phenoxy) is 2. The van der Waals surface area contributed by atoms with Crippen molar-refractivity contribution in [3.8, 4) is 11.5 Å². The minimum absolute atomic E-state index is 0. The molecule has 16 heteroatoms. The van der Waals surface area contributed by atoms with Crippen molar-refractivity contribution in [3.63, 3.8) is 0 Å². The second-order valence-corrected chi connectivity index (χ2v) is 56.2. The number of carbonyl (C=O) groups is 1. The molecule has 0 radical (unpaired) electrons. The Morgan fingerprint density at radius 3 is 1.36 bits per heavy atom. The average molecular weight is 1750 g/mol. The number of aromatic nitrogens is 4. The number of alkyl halides is 1. The molecule has 0 N–H and O–H groups in total. The number of hydrogen-bond donors (Lipinski definition) is 0. The van der Waals surface area contributed by atoms with Gasteiger partial charge in [-0.1, -0.05) is 110 Å². The van der Waals surface area contributed by atoms with Crippen LogP contribution in [0.1, 0.15) is 109 Å². The number of para-hydroxylation sites is 6. The first-order chi connectivity index (χ1) is 35.8. The molecule has 0 aliphatic carbocycles. The number of aldehydes is 1. The van der Waals surface area contributed by atoms with Crippen molar-refractivity contribution in [2.75, 3.05) is 27.3 Å². The molecule has 410 valence electrons. The molecule has 0 fully saturated rings. The van der Waals surface area contributed by atoms with E-state index in [1.165, 1.54) is 40.3 Å². The Bertz CT molecular complexity index is 3340. The van der Waals surface area contributed by atoms with Crippen LogP contribution in [0, 0.1) is 6.92 Å². The number of rotatable bonds is 8. The van der Waals surface area contributed by atoms with E-state index in [1.807, 2.05) is 75.4 Å². The number of carbonyl (C=O) groups excluding carboxylic acids is 1. The van der Waals surface area contributed by atoms with Gasteiger partial charge < -0.3 is 64.4 Å². The zero-order chi connectivity index (χ0) is 55.0. The monoisotopic (exact) mass is 1750 g/mol. The third-order valence-electron chi connectivity index (χ3n) is 13.0. The van der Waals surface area contributed by atoms with Crippen molar-refractivity contribution in [3.05, 3.63) is 157 Å². The summed E-state index contributed by atoms with van der Waals surface area (Å²) in [6.07, 6.45) is 7.47. The summed E-state index contributed by atoms with van der Waals surface area (Å²) in [6, 6.07) is 40.3. The fourth-order valence-corrected chi connectivity index (χ4v) is 8.76. The first-order valence-corrected chi connectivity index (χ1v) is 39.9. The molecule has 0 amide bonds. The van der Waals surface area contributed by atoms with Gasteiger partial charge >= 0.3 is 64.9 Å². The number of hydrogen-bond acceptors (Lipinski definition) is 7. The number of fused-ring (bicyclic) bond motifs is 6. The molecule has 2 aliphatic heterocycles. The normalized spacial score (nSPS) is 13.7. The van der Waals surface area contributed by atoms with Gasteiger partial charge in [0.15, 0.2) is 17.7 Å². The maximum absolute atomic E-state index is 11.1. The first kappa shape index (κ1) is 69.1. The number of benzene rings is 6. The fourth-order valence-electron chi connectivity index (χ4n) is 8.76.